The molecule has 0 bridgehead atoms. The number of benzene rings is 2. The minimum Gasteiger partial charge on any atom is -0.494 e. The summed E-state index contributed by atoms with van der Waals surface area (Å²) in [5.41, 5.74) is 4.38. The van der Waals surface area contributed by atoms with Crippen molar-refractivity contribution < 1.29 is 14.3 Å². The summed E-state index contributed by atoms with van der Waals surface area (Å²) in [4.78, 5) is 39.4. The van der Waals surface area contributed by atoms with E-state index < -0.39 is 17.5 Å². The molecule has 0 saturated heterocycles. The Morgan fingerprint density at radius 2 is 1.90 bits per heavy atom. The molecule has 2 aliphatic rings. The number of carbonyl (C=O) groups excluding carboxylic acids is 2. The number of nitrogens with one attached hydrogen (secondary N) is 2. The van der Waals surface area contributed by atoms with Crippen molar-refractivity contribution in [2.45, 2.75) is 38.8 Å². The number of nitrogens with zero attached hydrogens (tertiary/aromatic N) is 4. The van der Waals surface area contributed by atoms with Gasteiger partial charge in [0.05, 0.1) is 24.5 Å². The van der Waals surface area contributed by atoms with Crippen molar-refractivity contribution in [2.75, 3.05) is 17.3 Å². The van der Waals surface area contributed by atoms with Gasteiger partial charge < -0.3 is 14.6 Å². The molecule has 1 aliphatic heterocycles. The Morgan fingerprint density at radius 3 is 2.60 bits per heavy atom. The van der Waals surface area contributed by atoms with E-state index in [-0.39, 0.29) is 16.5 Å². The third kappa shape index (κ3) is 4.24. The summed E-state index contributed by atoms with van der Waals surface area (Å²) in [6.45, 7) is 5.96. The first-order chi connectivity index (χ1) is 19.9. The molecule has 1 aliphatic carbocycles. The molecule has 3 heterocycles. The van der Waals surface area contributed by atoms with Crippen LogP contribution in [0.3, 0.4) is 0 Å². The second-order valence-electron chi connectivity index (χ2n) is 11.0. The van der Waals surface area contributed by atoms with Gasteiger partial charge in [0, 0.05) is 42.7 Å². The molecule has 3 amide bonds. The first-order valence-electron chi connectivity index (χ1n) is 13.2. The zero-order valence-electron chi connectivity index (χ0n) is 23.6. The number of hydrogen-bond acceptors (Lipinski definition) is 5. The molecule has 0 saturated carbocycles. The highest BCUT2D eigenvalue weighted by Gasteiger charge is 2.49. The maximum absolute atomic E-state index is 13.8. The smallest absolute Gasteiger partial charge is 0.328 e. The normalized spacial score (nSPS) is 16.4. The predicted molar refractivity (Wildman–Crippen MR) is 161 cm³/mol. The van der Waals surface area contributed by atoms with Gasteiger partial charge in [-0.2, -0.15) is 0 Å². The molecule has 0 radical (unpaired) electrons. The molecule has 0 spiro atoms. The standard InChI is InChI=1S/C30H28Cl2N6O4/c1-15(39)33-13-16-6-9-23(42-5)22(10-16)38-26-24-25(19-8-7-17(31)11-20(19)30(26,2)3)37(29(41)34-27(24)35-38)18-12-21(32)28(40)36(4)14-18/h6-12,14,25H,13H2,1-5H3,(H,33,39)(H,34,35,41). The van der Waals surface area contributed by atoms with E-state index in [1.54, 1.807) is 36.0 Å². The molecule has 2 aromatic heterocycles. The number of pyridine rings is 1. The maximum Gasteiger partial charge on any atom is 0.328 e. The highest BCUT2D eigenvalue weighted by atomic mass is 35.5. The maximum atomic E-state index is 13.8. The average Bonchev–Trinajstić information content (AvgIpc) is 3.33. The molecule has 1 atom stereocenters. The number of amides is 3. The molecule has 42 heavy (non-hydrogen) atoms. The van der Waals surface area contributed by atoms with Crippen LogP contribution in [0.25, 0.3) is 5.69 Å². The Morgan fingerprint density at radius 1 is 1.14 bits per heavy atom. The summed E-state index contributed by atoms with van der Waals surface area (Å²) in [6.07, 6.45) is 1.59. The van der Waals surface area contributed by atoms with Crippen LogP contribution in [0.5, 0.6) is 5.75 Å². The van der Waals surface area contributed by atoms with Gasteiger partial charge in [-0.05, 0) is 47.0 Å². The van der Waals surface area contributed by atoms with Crippen molar-refractivity contribution in [3.05, 3.63) is 97.0 Å². The second kappa shape index (κ2) is 9.92. The van der Waals surface area contributed by atoms with E-state index in [0.717, 1.165) is 27.9 Å². The molecule has 10 nitrogen and oxygen atoms in total. The number of ether oxygens (including phenoxy) is 1. The lowest BCUT2D eigenvalue weighted by atomic mass is 9.69. The summed E-state index contributed by atoms with van der Waals surface area (Å²) in [5, 5.41) is 11.3. The highest BCUT2D eigenvalue weighted by Crippen LogP contribution is 2.54. The second-order valence-corrected chi connectivity index (χ2v) is 11.8. The Hall–Kier alpha value is -4.28. The SMILES string of the molecule is COc1ccc(CNC(C)=O)cc1-n1nc2c3c1C(C)(C)c1cc(Cl)ccc1C3N(c1cc(Cl)c(=O)n(C)c1)C(=O)N2. The first-order valence-corrected chi connectivity index (χ1v) is 14.0. The summed E-state index contributed by atoms with van der Waals surface area (Å²) in [6, 6.07) is 11.7. The minimum atomic E-state index is -0.620. The lowest BCUT2D eigenvalue weighted by Gasteiger charge is -2.44. The van der Waals surface area contributed by atoms with Crippen molar-refractivity contribution in [3.63, 3.8) is 0 Å². The zero-order chi connectivity index (χ0) is 30.1. The number of anilines is 2. The van der Waals surface area contributed by atoms with Crippen LogP contribution in [0.4, 0.5) is 16.3 Å². The van der Waals surface area contributed by atoms with Gasteiger partial charge in [-0.15, -0.1) is 5.10 Å². The number of halogens is 2. The molecule has 0 fully saturated rings. The van der Waals surface area contributed by atoms with E-state index >= 15 is 0 Å². The Labute approximate surface area is 251 Å². The molecule has 6 rings (SSSR count). The fourth-order valence-electron chi connectivity index (χ4n) is 5.99. The van der Waals surface area contributed by atoms with Gasteiger partial charge in [-0.1, -0.05) is 49.2 Å². The van der Waals surface area contributed by atoms with E-state index in [4.69, 9.17) is 33.0 Å². The largest absolute Gasteiger partial charge is 0.494 e. The molecular formula is C30H28Cl2N6O4. The number of rotatable bonds is 5. The van der Waals surface area contributed by atoms with E-state index in [0.29, 0.717) is 34.5 Å². The van der Waals surface area contributed by atoms with Crippen LogP contribution in [-0.4, -0.2) is 33.4 Å². The van der Waals surface area contributed by atoms with Gasteiger partial charge in [0.2, 0.25) is 5.91 Å². The third-order valence-corrected chi connectivity index (χ3v) is 8.40. The minimum absolute atomic E-state index is 0.00212. The molecule has 1 unspecified atom stereocenters. The quantitative estimate of drug-likeness (QED) is 0.320. The summed E-state index contributed by atoms with van der Waals surface area (Å²) >= 11 is 12.8. The first kappa shape index (κ1) is 27.9. The van der Waals surface area contributed by atoms with Crippen molar-refractivity contribution >= 4 is 46.6 Å². The molecule has 216 valence electrons. The van der Waals surface area contributed by atoms with E-state index in [9.17, 15) is 14.4 Å². The van der Waals surface area contributed by atoms with Crippen LogP contribution in [0.2, 0.25) is 10.0 Å². The number of hydrogen-bond donors (Lipinski definition) is 2. The topological polar surface area (TPSA) is 110 Å². The molecule has 12 heteroatoms. The van der Waals surface area contributed by atoms with Crippen LogP contribution in [0, 0.1) is 0 Å². The Kier molecular flexibility index (Phi) is 6.58. The summed E-state index contributed by atoms with van der Waals surface area (Å²) < 4.78 is 8.90. The van der Waals surface area contributed by atoms with E-state index in [1.807, 2.05) is 30.3 Å². The van der Waals surface area contributed by atoms with E-state index in [1.165, 1.54) is 17.6 Å². The average molecular weight is 607 g/mol. The predicted octanol–water partition coefficient (Wildman–Crippen LogP) is 5.30. The molecule has 2 aromatic carbocycles. The zero-order valence-corrected chi connectivity index (χ0v) is 25.1. The van der Waals surface area contributed by atoms with Gasteiger partial charge in [-0.3, -0.25) is 19.8 Å². The van der Waals surface area contributed by atoms with Crippen LogP contribution < -0.4 is 25.8 Å². The van der Waals surface area contributed by atoms with Crippen LogP contribution in [0.1, 0.15) is 54.8 Å². The molecule has 4 aromatic rings. The Bertz CT molecular complexity index is 1830. The number of fused-ring (bicyclic) bond motifs is 2. The van der Waals surface area contributed by atoms with Gasteiger partial charge in [0.1, 0.15) is 16.5 Å². The highest BCUT2D eigenvalue weighted by molar-refractivity contribution is 6.31. The van der Waals surface area contributed by atoms with Gasteiger partial charge in [0.15, 0.2) is 5.82 Å². The monoisotopic (exact) mass is 606 g/mol. The summed E-state index contributed by atoms with van der Waals surface area (Å²) in [5.74, 6) is 0.834. The molecule has 2 N–H and O–H groups in total. The van der Waals surface area contributed by atoms with Crippen LogP contribution >= 0.6 is 23.2 Å². The van der Waals surface area contributed by atoms with Crippen molar-refractivity contribution in [1.29, 1.82) is 0 Å². The fraction of sp³-hybridized carbons (Fsp3) is 0.267. The number of urea groups is 1. The lowest BCUT2D eigenvalue weighted by molar-refractivity contribution is -0.119. The van der Waals surface area contributed by atoms with Crippen molar-refractivity contribution in [2.24, 2.45) is 7.05 Å². The number of aromatic nitrogens is 3. The van der Waals surface area contributed by atoms with Gasteiger partial charge in [-0.25, -0.2) is 9.48 Å². The van der Waals surface area contributed by atoms with Crippen LogP contribution in [0.15, 0.2) is 53.5 Å². The fourth-order valence-corrected chi connectivity index (χ4v) is 6.40. The van der Waals surface area contributed by atoms with Crippen molar-refractivity contribution in [3.8, 4) is 11.4 Å². The van der Waals surface area contributed by atoms with Crippen LogP contribution in [-0.2, 0) is 23.8 Å². The third-order valence-electron chi connectivity index (χ3n) is 7.89. The number of aryl methyl sites for hydroxylation is 1. The number of carbonyl (C=O) groups is 2. The van der Waals surface area contributed by atoms with Gasteiger partial charge in [0.25, 0.3) is 5.56 Å². The lowest BCUT2D eigenvalue weighted by Crippen LogP contribution is -2.47. The van der Waals surface area contributed by atoms with E-state index in [2.05, 4.69) is 24.5 Å². The van der Waals surface area contributed by atoms with Crippen molar-refractivity contribution in [1.82, 2.24) is 19.7 Å². The Balaban J connectivity index is 1.64. The molecular weight excluding hydrogens is 579 g/mol. The van der Waals surface area contributed by atoms with Gasteiger partial charge >= 0.3 is 6.03 Å². The summed E-state index contributed by atoms with van der Waals surface area (Å²) in [7, 11) is 3.17. The number of methoxy groups -OCH3 is 1.